The molecule has 1 aromatic rings. The summed E-state index contributed by atoms with van der Waals surface area (Å²) >= 11 is 0. The summed E-state index contributed by atoms with van der Waals surface area (Å²) < 4.78 is 0. The SMILES string of the molecule is C1=Cc2ccccc21.OBO. The zero-order chi connectivity index (χ0) is 8.10. The molecule has 3 heteroatoms. The maximum atomic E-state index is 7.12. The number of hydrogen-bond acceptors (Lipinski definition) is 2. The van der Waals surface area contributed by atoms with Gasteiger partial charge in [-0.05, 0) is 11.1 Å². The van der Waals surface area contributed by atoms with Gasteiger partial charge >= 0.3 is 7.69 Å². The fourth-order valence-corrected chi connectivity index (χ4v) is 0.898. The van der Waals surface area contributed by atoms with Gasteiger partial charge in [-0.3, -0.25) is 0 Å². The van der Waals surface area contributed by atoms with Gasteiger partial charge in [-0.2, -0.15) is 0 Å². The number of benzene rings is 1. The molecule has 0 bridgehead atoms. The van der Waals surface area contributed by atoms with E-state index < -0.39 is 7.69 Å². The van der Waals surface area contributed by atoms with Gasteiger partial charge in [0.1, 0.15) is 0 Å². The lowest BCUT2D eigenvalue weighted by Gasteiger charge is -2.06. The van der Waals surface area contributed by atoms with E-state index in [-0.39, 0.29) is 0 Å². The van der Waals surface area contributed by atoms with Crippen LogP contribution < -0.4 is 0 Å². The van der Waals surface area contributed by atoms with Crippen molar-refractivity contribution in [3.63, 3.8) is 0 Å². The maximum Gasteiger partial charge on any atom is 0.432 e. The van der Waals surface area contributed by atoms with Gasteiger partial charge in [-0.15, -0.1) is 0 Å². The van der Waals surface area contributed by atoms with Crippen molar-refractivity contribution in [1.82, 2.24) is 0 Å². The van der Waals surface area contributed by atoms with Crippen LogP contribution in [0.2, 0.25) is 0 Å². The highest BCUT2D eigenvalue weighted by Gasteiger charge is 1.99. The van der Waals surface area contributed by atoms with E-state index in [0.29, 0.717) is 0 Å². The Morgan fingerprint density at radius 1 is 0.909 bits per heavy atom. The monoisotopic (exact) mass is 148 g/mol. The van der Waals surface area contributed by atoms with Gasteiger partial charge in [0.25, 0.3) is 0 Å². The van der Waals surface area contributed by atoms with E-state index in [1.54, 1.807) is 0 Å². The molecule has 0 heterocycles. The zero-order valence-corrected chi connectivity index (χ0v) is 6.07. The molecule has 1 aliphatic carbocycles. The fraction of sp³-hybridized carbons (Fsp3) is 0. The Balaban J connectivity index is 0.000000179. The van der Waals surface area contributed by atoms with Crippen LogP contribution >= 0.6 is 0 Å². The molecule has 1 aromatic carbocycles. The van der Waals surface area contributed by atoms with Gasteiger partial charge in [0.15, 0.2) is 0 Å². The van der Waals surface area contributed by atoms with Crippen molar-refractivity contribution in [2.75, 3.05) is 0 Å². The van der Waals surface area contributed by atoms with Crippen LogP contribution in [0.4, 0.5) is 0 Å². The molecule has 0 amide bonds. The predicted octanol–water partition coefficient (Wildman–Crippen LogP) is 0.408. The van der Waals surface area contributed by atoms with Gasteiger partial charge in [0.05, 0.1) is 0 Å². The molecule has 0 radical (unpaired) electrons. The third-order valence-corrected chi connectivity index (χ3v) is 1.44. The van der Waals surface area contributed by atoms with Crippen LogP contribution in [0.3, 0.4) is 0 Å². The molecule has 56 valence electrons. The second kappa shape index (κ2) is 3.96. The Kier molecular flexibility index (Phi) is 2.89. The summed E-state index contributed by atoms with van der Waals surface area (Å²) in [4.78, 5) is 0. The van der Waals surface area contributed by atoms with Gasteiger partial charge in [-0.25, -0.2) is 0 Å². The van der Waals surface area contributed by atoms with Gasteiger partial charge < -0.3 is 10.0 Å². The minimum Gasteiger partial charge on any atom is -0.430 e. The minimum atomic E-state index is -0.750. The normalized spacial score (nSPS) is 10.4. The van der Waals surface area contributed by atoms with Crippen molar-refractivity contribution < 1.29 is 10.0 Å². The Hall–Kier alpha value is -1.06. The van der Waals surface area contributed by atoms with Crippen LogP contribution in [0.1, 0.15) is 11.1 Å². The molecule has 0 saturated heterocycles. The molecule has 2 rings (SSSR count). The molecule has 0 atom stereocenters. The van der Waals surface area contributed by atoms with Crippen molar-refractivity contribution in [3.8, 4) is 0 Å². The van der Waals surface area contributed by atoms with Crippen LogP contribution in [0.15, 0.2) is 24.3 Å². The van der Waals surface area contributed by atoms with Crippen molar-refractivity contribution in [1.29, 1.82) is 0 Å². The molecular weight excluding hydrogens is 139 g/mol. The first-order valence-corrected chi connectivity index (χ1v) is 3.37. The lowest BCUT2D eigenvalue weighted by atomic mass is 9.99. The van der Waals surface area contributed by atoms with Crippen molar-refractivity contribution in [2.24, 2.45) is 0 Å². The average Bonchev–Trinajstić information content (AvgIpc) is 1.94. The molecule has 0 aliphatic heterocycles. The fourth-order valence-electron chi connectivity index (χ4n) is 0.898. The number of hydrogen-bond donors (Lipinski definition) is 2. The first-order valence-electron chi connectivity index (χ1n) is 3.37. The third-order valence-electron chi connectivity index (χ3n) is 1.44. The average molecular weight is 148 g/mol. The highest BCUT2D eigenvalue weighted by atomic mass is 16.4. The van der Waals surface area contributed by atoms with Crippen LogP contribution in [0.25, 0.3) is 12.2 Å². The third kappa shape index (κ3) is 1.93. The lowest BCUT2D eigenvalue weighted by molar-refractivity contribution is 0.448. The van der Waals surface area contributed by atoms with E-state index in [4.69, 9.17) is 10.0 Å². The summed E-state index contributed by atoms with van der Waals surface area (Å²) in [5, 5.41) is 14.2. The second-order valence-electron chi connectivity index (χ2n) is 2.10. The van der Waals surface area contributed by atoms with Gasteiger partial charge in [0, 0.05) is 0 Å². The Bertz CT molecular complexity index is 233. The summed E-state index contributed by atoms with van der Waals surface area (Å²) in [5.74, 6) is 0. The van der Waals surface area contributed by atoms with Crippen LogP contribution in [-0.4, -0.2) is 17.7 Å². The standard InChI is InChI=1S/C8H6.BH3O2/c1-2-4-8-6-5-7(8)3-1;2-1-3/h1-6H;1-3H. The summed E-state index contributed by atoms with van der Waals surface area (Å²) in [6, 6.07) is 8.36. The molecule has 0 saturated carbocycles. The van der Waals surface area contributed by atoms with E-state index >= 15 is 0 Å². The Morgan fingerprint density at radius 3 is 1.45 bits per heavy atom. The molecule has 2 nitrogen and oxygen atoms in total. The van der Waals surface area contributed by atoms with Crippen LogP contribution in [-0.2, 0) is 0 Å². The zero-order valence-electron chi connectivity index (χ0n) is 6.07. The lowest BCUT2D eigenvalue weighted by Crippen LogP contribution is -1.85. The number of rotatable bonds is 0. The van der Waals surface area contributed by atoms with E-state index in [2.05, 4.69) is 36.4 Å². The van der Waals surface area contributed by atoms with E-state index in [0.717, 1.165) is 0 Å². The summed E-state index contributed by atoms with van der Waals surface area (Å²) in [6.45, 7) is 0. The first kappa shape index (κ1) is 8.05. The molecule has 0 aromatic heterocycles. The topological polar surface area (TPSA) is 40.5 Å². The number of fused-ring (bicyclic) bond motifs is 1. The minimum absolute atomic E-state index is 0.750. The van der Waals surface area contributed by atoms with Gasteiger partial charge in [-0.1, -0.05) is 36.4 Å². The predicted molar refractivity (Wildman–Crippen MR) is 47.0 cm³/mol. The van der Waals surface area contributed by atoms with Crippen molar-refractivity contribution in [3.05, 3.63) is 35.4 Å². The Labute approximate surface area is 66.1 Å². The van der Waals surface area contributed by atoms with E-state index in [1.165, 1.54) is 11.1 Å². The highest BCUT2D eigenvalue weighted by molar-refractivity contribution is 6.13. The molecule has 2 N–H and O–H groups in total. The summed E-state index contributed by atoms with van der Waals surface area (Å²) in [7, 11) is -0.750. The van der Waals surface area contributed by atoms with Crippen molar-refractivity contribution in [2.45, 2.75) is 0 Å². The van der Waals surface area contributed by atoms with Gasteiger partial charge in [0.2, 0.25) is 0 Å². The summed E-state index contributed by atoms with van der Waals surface area (Å²) in [6.07, 6.45) is 4.24. The molecule has 11 heavy (non-hydrogen) atoms. The smallest absolute Gasteiger partial charge is 0.430 e. The largest absolute Gasteiger partial charge is 0.432 e. The summed E-state index contributed by atoms with van der Waals surface area (Å²) in [5.41, 5.74) is 2.74. The highest BCUT2D eigenvalue weighted by Crippen LogP contribution is 2.21. The molecule has 0 fully saturated rings. The first-order chi connectivity index (χ1) is 5.38. The molecular formula is C8H9BO2. The second-order valence-corrected chi connectivity index (χ2v) is 2.10. The molecule has 0 unspecified atom stereocenters. The van der Waals surface area contributed by atoms with E-state index in [9.17, 15) is 0 Å². The van der Waals surface area contributed by atoms with Crippen molar-refractivity contribution >= 4 is 19.8 Å². The maximum absolute atomic E-state index is 7.12. The Morgan fingerprint density at radius 2 is 1.27 bits per heavy atom. The van der Waals surface area contributed by atoms with Crippen LogP contribution in [0, 0.1) is 0 Å². The van der Waals surface area contributed by atoms with Crippen LogP contribution in [0.5, 0.6) is 0 Å². The van der Waals surface area contributed by atoms with E-state index in [1.807, 2.05) is 0 Å². The molecule has 0 spiro atoms. The quantitative estimate of drug-likeness (QED) is 0.531. The molecule has 1 aliphatic rings.